The van der Waals surface area contributed by atoms with Gasteiger partial charge >= 0.3 is 0 Å². The molecule has 0 N–H and O–H groups in total. The third-order valence-electron chi connectivity index (χ3n) is 14.4. The predicted molar refractivity (Wildman–Crippen MR) is 298 cm³/mol. The molecule has 0 fully saturated rings. The van der Waals surface area contributed by atoms with E-state index >= 15 is 0 Å². The number of rotatable bonds is 5. The van der Waals surface area contributed by atoms with Crippen LogP contribution in [0.5, 0.6) is 0 Å². The van der Waals surface area contributed by atoms with Crippen LogP contribution in [0.25, 0.3) is 134 Å². The Kier molecular flexibility index (Phi) is 9.82. The van der Waals surface area contributed by atoms with Gasteiger partial charge in [0.25, 0.3) is 0 Å². The van der Waals surface area contributed by atoms with Crippen LogP contribution in [0.2, 0.25) is 0 Å². The van der Waals surface area contributed by atoms with Crippen molar-refractivity contribution >= 4 is 21.8 Å². The van der Waals surface area contributed by atoms with Crippen LogP contribution in [0, 0.1) is 0 Å². The van der Waals surface area contributed by atoms with Gasteiger partial charge in [0.05, 0.1) is 28.1 Å². The zero-order valence-corrected chi connectivity index (χ0v) is 39.2. The van der Waals surface area contributed by atoms with Gasteiger partial charge in [0, 0.05) is 33.7 Å². The highest BCUT2D eigenvalue weighted by atomic mass is 15.1. The van der Waals surface area contributed by atoms with Gasteiger partial charge in [0.1, 0.15) is 11.6 Å². The van der Waals surface area contributed by atoms with Crippen molar-refractivity contribution in [2.75, 3.05) is 0 Å². The molecule has 4 heterocycles. The van der Waals surface area contributed by atoms with Gasteiger partial charge in [0.2, 0.25) is 0 Å². The zero-order chi connectivity index (χ0) is 47.5. The maximum atomic E-state index is 5.23. The van der Waals surface area contributed by atoms with Crippen molar-refractivity contribution in [1.82, 2.24) is 19.1 Å². The lowest BCUT2D eigenvalue weighted by Crippen LogP contribution is -2.01. The third kappa shape index (κ3) is 6.54. The van der Waals surface area contributed by atoms with E-state index in [4.69, 9.17) is 9.97 Å². The molecule has 4 heteroatoms. The first-order chi connectivity index (χ1) is 35.8. The number of fused-ring (bicyclic) bond motifs is 10. The molecule has 4 nitrogen and oxygen atoms in total. The van der Waals surface area contributed by atoms with Gasteiger partial charge in [-0.3, -0.25) is 9.13 Å². The van der Waals surface area contributed by atoms with Crippen molar-refractivity contribution < 1.29 is 0 Å². The minimum Gasteiger partial charge on any atom is -0.293 e. The number of benzene rings is 9. The SMILES string of the molecule is c1ccc(-c2c3c4c(cccc4n2-c2ccccn2)-c2ccccc2-c2ccccc2-3)cc1.c1ccc(-c2cccc(-n3c(-c4ccccc4)c4c5c(cccc53)-c3ccccc3-c3ccccc3-4)n2)cc1. The first-order valence-electron chi connectivity index (χ1n) is 24.6. The normalized spacial score (nSPS) is 11.6. The van der Waals surface area contributed by atoms with Crippen LogP contribution in [0.3, 0.4) is 0 Å². The smallest absolute Gasteiger partial charge is 0.138 e. The number of hydrogen-bond acceptors (Lipinski definition) is 2. The third-order valence-corrected chi connectivity index (χ3v) is 14.4. The predicted octanol–water partition coefficient (Wildman–Crippen LogP) is 17.7. The van der Waals surface area contributed by atoms with Crippen molar-refractivity contribution in [3.05, 3.63) is 267 Å². The number of nitrogens with zero attached hydrogens (tertiary/aromatic N) is 4. The van der Waals surface area contributed by atoms with E-state index < -0.39 is 0 Å². The summed E-state index contributed by atoms with van der Waals surface area (Å²) in [6, 6.07) is 92.8. The molecule has 0 bridgehead atoms. The van der Waals surface area contributed by atoms with Crippen LogP contribution in [0.15, 0.2) is 267 Å². The summed E-state index contributed by atoms with van der Waals surface area (Å²) in [6.45, 7) is 0. The summed E-state index contributed by atoms with van der Waals surface area (Å²) in [5.74, 6) is 1.84. The van der Waals surface area contributed by atoms with E-state index in [2.05, 4.69) is 258 Å². The molecule has 0 saturated heterocycles. The minimum atomic E-state index is 0.912. The van der Waals surface area contributed by atoms with Gasteiger partial charge < -0.3 is 0 Å². The lowest BCUT2D eigenvalue weighted by atomic mass is 9.93. The lowest BCUT2D eigenvalue weighted by molar-refractivity contribution is 1.05. The maximum absolute atomic E-state index is 5.23. The van der Waals surface area contributed by atoms with Crippen LogP contribution < -0.4 is 0 Å². The van der Waals surface area contributed by atoms with E-state index in [1.54, 1.807) is 0 Å². The van der Waals surface area contributed by atoms with Crippen LogP contribution >= 0.6 is 0 Å². The molecule has 4 aromatic heterocycles. The highest BCUT2D eigenvalue weighted by Crippen LogP contribution is 2.54. The summed E-state index contributed by atoms with van der Waals surface area (Å²) in [5.41, 5.74) is 24.2. The molecule has 0 aliphatic heterocycles. The Morgan fingerprint density at radius 3 is 1.06 bits per heavy atom. The summed E-state index contributed by atoms with van der Waals surface area (Å²) in [6.07, 6.45) is 1.87. The molecule has 0 saturated carbocycles. The van der Waals surface area contributed by atoms with Crippen LogP contribution in [-0.2, 0) is 0 Å². The zero-order valence-electron chi connectivity index (χ0n) is 39.2. The number of pyridine rings is 2. The van der Waals surface area contributed by atoms with Crippen molar-refractivity contribution in [2.45, 2.75) is 0 Å². The summed E-state index contributed by atoms with van der Waals surface area (Å²) in [7, 11) is 0. The Hall–Kier alpha value is -9.64. The van der Waals surface area contributed by atoms with Gasteiger partial charge in [-0.25, -0.2) is 9.97 Å². The quantitative estimate of drug-likeness (QED) is 0.172. The molecule has 2 aliphatic rings. The second-order valence-electron chi connectivity index (χ2n) is 18.4. The molecule has 2 aliphatic carbocycles. The summed E-state index contributed by atoms with van der Waals surface area (Å²) < 4.78 is 4.69. The van der Waals surface area contributed by atoms with E-state index in [-0.39, 0.29) is 0 Å². The van der Waals surface area contributed by atoms with Crippen molar-refractivity contribution in [1.29, 1.82) is 0 Å². The van der Waals surface area contributed by atoms with Gasteiger partial charge in [-0.05, 0) is 103 Å². The minimum absolute atomic E-state index is 0.912. The molecule has 13 aromatic rings. The van der Waals surface area contributed by atoms with Crippen LogP contribution in [-0.4, -0.2) is 19.1 Å². The van der Waals surface area contributed by atoms with Gasteiger partial charge in [0.15, 0.2) is 0 Å². The largest absolute Gasteiger partial charge is 0.293 e. The second-order valence-corrected chi connectivity index (χ2v) is 18.4. The van der Waals surface area contributed by atoms with E-state index in [9.17, 15) is 0 Å². The van der Waals surface area contributed by atoms with E-state index in [0.29, 0.717) is 0 Å². The average molecular weight is 917 g/mol. The Morgan fingerprint density at radius 2 is 0.597 bits per heavy atom. The van der Waals surface area contributed by atoms with Gasteiger partial charge in [-0.2, -0.15) is 0 Å². The van der Waals surface area contributed by atoms with Crippen LogP contribution in [0.4, 0.5) is 0 Å². The van der Waals surface area contributed by atoms with Crippen molar-refractivity contribution in [3.63, 3.8) is 0 Å². The first-order valence-corrected chi connectivity index (χ1v) is 24.6. The fraction of sp³-hybridized carbons (Fsp3) is 0. The Bertz CT molecular complexity index is 4190. The molecule has 0 radical (unpaired) electrons. The van der Waals surface area contributed by atoms with E-state index in [1.165, 1.54) is 99.9 Å². The van der Waals surface area contributed by atoms with Crippen molar-refractivity contribution in [3.8, 4) is 112 Å². The van der Waals surface area contributed by atoms with Gasteiger partial charge in [-0.15, -0.1) is 0 Å². The number of hydrogen-bond donors (Lipinski definition) is 0. The standard InChI is InChI=1S/C37H24N2.C31H20N2/c1-3-13-25(14-4-1)32-22-12-24-34(38-32)39-33-23-11-21-30-28-18-8-7-17-27(28)29-19-9-10-20-31(29)36(35(30)33)37(39)26-15-5-2-6-16-26;1-2-11-21(12-3-1)31-30-26-16-7-6-15-24(26)22-13-4-5-14-23(22)25-17-10-18-27(29(25)30)33(31)28-19-8-9-20-32-28/h1-24H;1-20H. The summed E-state index contributed by atoms with van der Waals surface area (Å²) in [4.78, 5) is 10.0. The molecule has 0 amide bonds. The maximum Gasteiger partial charge on any atom is 0.138 e. The van der Waals surface area contributed by atoms with E-state index in [0.717, 1.165) is 34.1 Å². The highest BCUT2D eigenvalue weighted by molar-refractivity contribution is 6.19. The lowest BCUT2D eigenvalue weighted by Gasteiger charge is -2.16. The Morgan fingerprint density at radius 1 is 0.250 bits per heavy atom. The summed E-state index contributed by atoms with van der Waals surface area (Å²) >= 11 is 0. The Balaban J connectivity index is 0.000000136. The highest BCUT2D eigenvalue weighted by Gasteiger charge is 2.31. The molecular formula is C68H44N4. The molecule has 15 rings (SSSR count). The molecule has 0 atom stereocenters. The summed E-state index contributed by atoms with van der Waals surface area (Å²) in [5, 5.41) is 2.54. The first kappa shape index (κ1) is 41.3. The number of aromatic nitrogens is 4. The molecule has 72 heavy (non-hydrogen) atoms. The monoisotopic (exact) mass is 916 g/mol. The molecule has 336 valence electrons. The topological polar surface area (TPSA) is 35.6 Å². The van der Waals surface area contributed by atoms with Gasteiger partial charge in [-0.1, -0.05) is 224 Å². The Labute approximate surface area is 418 Å². The fourth-order valence-corrected chi connectivity index (χ4v) is 11.4. The van der Waals surface area contributed by atoms with E-state index in [1.807, 2.05) is 18.3 Å². The molecular weight excluding hydrogens is 873 g/mol. The molecule has 0 spiro atoms. The second kappa shape index (κ2) is 17.1. The van der Waals surface area contributed by atoms with Crippen molar-refractivity contribution in [2.24, 2.45) is 0 Å². The molecule has 9 aromatic carbocycles. The average Bonchev–Trinajstić information content (AvgIpc) is 3.93. The van der Waals surface area contributed by atoms with Crippen LogP contribution in [0.1, 0.15) is 0 Å². The molecule has 0 unspecified atom stereocenters. The fourth-order valence-electron chi connectivity index (χ4n) is 11.4.